The predicted molar refractivity (Wildman–Crippen MR) is 92.8 cm³/mol. The normalized spacial score (nSPS) is 16.5. The highest BCUT2D eigenvalue weighted by Crippen LogP contribution is 2.37. The van der Waals surface area contributed by atoms with Crippen molar-refractivity contribution in [2.24, 2.45) is 0 Å². The summed E-state index contributed by atoms with van der Waals surface area (Å²) < 4.78 is 1.14. The third-order valence-corrected chi connectivity index (χ3v) is 5.17. The first-order valence-electron chi connectivity index (χ1n) is 7.72. The second-order valence-electron chi connectivity index (χ2n) is 6.02. The third kappa shape index (κ3) is 3.07. The first-order valence-corrected chi connectivity index (χ1v) is 8.51. The number of hydrogen-bond donors (Lipinski definition) is 1. The lowest BCUT2D eigenvalue weighted by molar-refractivity contribution is 0.419. The Morgan fingerprint density at radius 3 is 2.33 bits per heavy atom. The largest absolute Gasteiger partial charge is 0.309 e. The van der Waals surface area contributed by atoms with Crippen LogP contribution in [-0.4, -0.2) is 7.05 Å². The minimum atomic E-state index is 0.258. The van der Waals surface area contributed by atoms with E-state index in [2.05, 4.69) is 70.6 Å². The van der Waals surface area contributed by atoms with Gasteiger partial charge in [0.05, 0.1) is 6.04 Å². The van der Waals surface area contributed by atoms with Crippen LogP contribution in [0.1, 0.15) is 53.5 Å². The molecule has 21 heavy (non-hydrogen) atoms. The molecular weight excluding hydrogens is 322 g/mol. The zero-order valence-corrected chi connectivity index (χ0v) is 14.3. The first-order chi connectivity index (χ1) is 10.2. The molecule has 0 aromatic heterocycles. The van der Waals surface area contributed by atoms with Gasteiger partial charge in [-0.15, -0.1) is 0 Å². The number of nitrogens with one attached hydrogen (secondary N) is 1. The average molecular weight is 344 g/mol. The Morgan fingerprint density at radius 1 is 1.10 bits per heavy atom. The second kappa shape index (κ2) is 6.33. The molecule has 0 saturated heterocycles. The lowest BCUT2D eigenvalue weighted by Gasteiger charge is -2.26. The highest BCUT2D eigenvalue weighted by Gasteiger charge is 2.20. The lowest BCUT2D eigenvalue weighted by atomic mass is 9.79. The molecule has 0 bridgehead atoms. The Balaban J connectivity index is 1.88. The zero-order valence-electron chi connectivity index (χ0n) is 12.7. The minimum Gasteiger partial charge on any atom is -0.309 e. The molecule has 1 nitrogen and oxygen atoms in total. The molecule has 1 N–H and O–H groups in total. The van der Waals surface area contributed by atoms with Crippen molar-refractivity contribution in [1.82, 2.24) is 5.32 Å². The van der Waals surface area contributed by atoms with Crippen molar-refractivity contribution in [1.29, 1.82) is 0 Å². The van der Waals surface area contributed by atoms with Crippen LogP contribution in [0.2, 0.25) is 0 Å². The summed E-state index contributed by atoms with van der Waals surface area (Å²) in [6.45, 7) is 2.17. The Labute approximate surface area is 135 Å². The Bertz CT molecular complexity index is 614. The molecule has 1 unspecified atom stereocenters. The quantitative estimate of drug-likeness (QED) is 0.790. The Morgan fingerprint density at radius 2 is 1.81 bits per heavy atom. The molecule has 0 heterocycles. The molecule has 1 saturated carbocycles. The van der Waals surface area contributed by atoms with Gasteiger partial charge in [0.1, 0.15) is 0 Å². The van der Waals surface area contributed by atoms with Gasteiger partial charge in [-0.2, -0.15) is 0 Å². The van der Waals surface area contributed by atoms with Crippen molar-refractivity contribution < 1.29 is 0 Å². The SMILES string of the molecule is CNC(c1ccc(C2CCC2)cc1)c1ccc(Br)cc1C. The monoisotopic (exact) mass is 343 g/mol. The number of hydrogen-bond acceptors (Lipinski definition) is 1. The second-order valence-corrected chi connectivity index (χ2v) is 6.93. The van der Waals surface area contributed by atoms with E-state index >= 15 is 0 Å². The van der Waals surface area contributed by atoms with Crippen LogP contribution in [0.3, 0.4) is 0 Å². The summed E-state index contributed by atoms with van der Waals surface area (Å²) in [5.41, 5.74) is 5.50. The van der Waals surface area contributed by atoms with Gasteiger partial charge in [-0.05, 0) is 67.1 Å². The summed E-state index contributed by atoms with van der Waals surface area (Å²) in [5.74, 6) is 0.807. The minimum absolute atomic E-state index is 0.258. The van der Waals surface area contributed by atoms with E-state index in [0.29, 0.717) is 0 Å². The third-order valence-electron chi connectivity index (χ3n) is 4.68. The summed E-state index contributed by atoms with van der Waals surface area (Å²) >= 11 is 3.54. The molecule has 2 heteroatoms. The summed E-state index contributed by atoms with van der Waals surface area (Å²) in [7, 11) is 2.03. The topological polar surface area (TPSA) is 12.0 Å². The fraction of sp³-hybridized carbons (Fsp3) is 0.368. The van der Waals surface area contributed by atoms with Gasteiger partial charge >= 0.3 is 0 Å². The Hall–Kier alpha value is -1.12. The van der Waals surface area contributed by atoms with E-state index in [1.54, 1.807) is 0 Å². The maximum Gasteiger partial charge on any atom is 0.0576 e. The van der Waals surface area contributed by atoms with Crippen molar-refractivity contribution in [2.75, 3.05) is 7.05 Å². The summed E-state index contributed by atoms with van der Waals surface area (Å²) in [5, 5.41) is 3.46. The molecule has 0 radical (unpaired) electrons. The van der Waals surface area contributed by atoms with Crippen LogP contribution in [0.4, 0.5) is 0 Å². The maximum absolute atomic E-state index is 3.54. The number of halogens is 1. The molecule has 2 aromatic carbocycles. The van der Waals surface area contributed by atoms with Gasteiger partial charge in [0.25, 0.3) is 0 Å². The van der Waals surface area contributed by atoms with Crippen LogP contribution in [-0.2, 0) is 0 Å². The van der Waals surface area contributed by atoms with Crippen molar-refractivity contribution in [2.45, 2.75) is 38.1 Å². The van der Waals surface area contributed by atoms with Crippen molar-refractivity contribution in [3.63, 3.8) is 0 Å². The van der Waals surface area contributed by atoms with E-state index in [9.17, 15) is 0 Å². The van der Waals surface area contributed by atoms with Crippen LogP contribution < -0.4 is 5.32 Å². The van der Waals surface area contributed by atoms with Gasteiger partial charge in [-0.25, -0.2) is 0 Å². The van der Waals surface area contributed by atoms with Crippen LogP contribution >= 0.6 is 15.9 Å². The molecule has 0 spiro atoms. The van der Waals surface area contributed by atoms with Gasteiger partial charge in [0, 0.05) is 4.47 Å². The van der Waals surface area contributed by atoms with Crippen molar-refractivity contribution in [3.8, 4) is 0 Å². The van der Waals surface area contributed by atoms with Gasteiger partial charge in [-0.3, -0.25) is 0 Å². The number of rotatable bonds is 4. The first kappa shape index (κ1) is 14.8. The number of benzene rings is 2. The highest BCUT2D eigenvalue weighted by atomic mass is 79.9. The van der Waals surface area contributed by atoms with Crippen molar-refractivity contribution >= 4 is 15.9 Å². The van der Waals surface area contributed by atoms with E-state index in [0.717, 1.165) is 10.4 Å². The predicted octanol–water partition coefficient (Wildman–Crippen LogP) is 5.33. The van der Waals surface area contributed by atoms with E-state index in [-0.39, 0.29) is 6.04 Å². The van der Waals surface area contributed by atoms with E-state index < -0.39 is 0 Å². The average Bonchev–Trinajstić information content (AvgIpc) is 2.42. The number of aryl methyl sites for hydroxylation is 1. The summed E-state index contributed by atoms with van der Waals surface area (Å²) in [6, 6.07) is 16.0. The molecule has 110 valence electrons. The molecule has 2 aromatic rings. The smallest absolute Gasteiger partial charge is 0.0576 e. The standard InChI is InChI=1S/C19H22BrN/c1-13-12-17(20)10-11-18(13)19(21-2)16-8-6-15(7-9-16)14-4-3-5-14/h6-12,14,19,21H,3-5H2,1-2H3. The van der Waals surface area contributed by atoms with Crippen LogP contribution in [0.25, 0.3) is 0 Å². The van der Waals surface area contributed by atoms with E-state index in [4.69, 9.17) is 0 Å². The molecule has 0 aliphatic heterocycles. The lowest BCUT2D eigenvalue weighted by Crippen LogP contribution is -2.19. The molecule has 1 aliphatic carbocycles. The van der Waals surface area contributed by atoms with Gasteiger partial charge < -0.3 is 5.32 Å². The molecule has 1 aliphatic rings. The molecule has 1 fully saturated rings. The van der Waals surface area contributed by atoms with Crippen LogP contribution in [0.15, 0.2) is 46.9 Å². The van der Waals surface area contributed by atoms with Crippen LogP contribution in [0, 0.1) is 6.92 Å². The molecule has 0 amide bonds. The van der Waals surface area contributed by atoms with Gasteiger partial charge in [0.15, 0.2) is 0 Å². The van der Waals surface area contributed by atoms with Gasteiger partial charge in [-0.1, -0.05) is 52.7 Å². The molecule has 1 atom stereocenters. The van der Waals surface area contributed by atoms with Crippen LogP contribution in [0.5, 0.6) is 0 Å². The summed E-state index contributed by atoms with van der Waals surface area (Å²) in [4.78, 5) is 0. The molecule has 3 rings (SSSR count). The maximum atomic E-state index is 3.54. The molecular formula is C19H22BrN. The van der Waals surface area contributed by atoms with E-state index in [1.165, 1.54) is 41.5 Å². The highest BCUT2D eigenvalue weighted by molar-refractivity contribution is 9.10. The fourth-order valence-corrected chi connectivity index (χ4v) is 3.64. The van der Waals surface area contributed by atoms with E-state index in [1.807, 2.05) is 7.05 Å². The zero-order chi connectivity index (χ0) is 14.8. The van der Waals surface area contributed by atoms with Gasteiger partial charge in [0.2, 0.25) is 0 Å². The summed E-state index contributed by atoms with van der Waals surface area (Å²) in [6.07, 6.45) is 4.12. The van der Waals surface area contributed by atoms with Crippen molar-refractivity contribution in [3.05, 3.63) is 69.2 Å². The fourth-order valence-electron chi connectivity index (χ4n) is 3.17. The Kier molecular flexibility index (Phi) is 4.46.